The molecule has 8 heteroatoms. The summed E-state index contributed by atoms with van der Waals surface area (Å²) in [4.78, 5) is 20.0. The maximum atomic E-state index is 10.4. The number of anilines is 1. The third kappa shape index (κ3) is 5.29. The molecule has 0 amide bonds. The molecule has 2 aromatic carbocycles. The molecule has 3 N–H and O–H groups in total. The Morgan fingerprint density at radius 2 is 1.71 bits per heavy atom. The number of hydrogen-bond acceptors (Lipinski definition) is 4. The Bertz CT molecular complexity index is 639. The van der Waals surface area contributed by atoms with E-state index in [2.05, 4.69) is 0 Å². The van der Waals surface area contributed by atoms with Crippen LogP contribution in [0, 0.1) is 10.1 Å². The number of nitrogens with two attached hydrogens (primary N) is 1. The van der Waals surface area contributed by atoms with Crippen molar-refractivity contribution < 1.29 is 14.8 Å². The van der Waals surface area contributed by atoms with Crippen molar-refractivity contribution in [1.29, 1.82) is 0 Å². The number of carbonyl (C=O) groups is 1. The number of halogens is 2. The average molecular weight is 329 g/mol. The van der Waals surface area contributed by atoms with Gasteiger partial charge in [-0.25, -0.2) is 4.79 Å². The van der Waals surface area contributed by atoms with Gasteiger partial charge >= 0.3 is 5.97 Å². The lowest BCUT2D eigenvalue weighted by Crippen LogP contribution is -1.97. The molecule has 0 aliphatic carbocycles. The van der Waals surface area contributed by atoms with Crippen molar-refractivity contribution >= 4 is 40.5 Å². The zero-order valence-electron chi connectivity index (χ0n) is 10.5. The zero-order chi connectivity index (χ0) is 16.0. The van der Waals surface area contributed by atoms with E-state index in [1.165, 1.54) is 0 Å². The smallest absolute Gasteiger partial charge is 0.335 e. The normalized spacial score (nSPS) is 9.43. The van der Waals surface area contributed by atoms with Gasteiger partial charge in [0.1, 0.15) is 5.02 Å². The van der Waals surface area contributed by atoms with E-state index >= 15 is 0 Å². The number of nitro benzene ring substituents is 1. The summed E-state index contributed by atoms with van der Waals surface area (Å²) in [6, 6.07) is 10.3. The topological polar surface area (TPSA) is 106 Å². The van der Waals surface area contributed by atoms with Crippen molar-refractivity contribution in [1.82, 2.24) is 0 Å². The molecule has 0 unspecified atom stereocenters. The highest BCUT2D eigenvalue weighted by molar-refractivity contribution is 6.33. The van der Waals surface area contributed by atoms with Gasteiger partial charge in [0.25, 0.3) is 5.69 Å². The molecule has 0 saturated carbocycles. The van der Waals surface area contributed by atoms with Crippen LogP contribution in [0.2, 0.25) is 10.0 Å². The summed E-state index contributed by atoms with van der Waals surface area (Å²) in [5, 5.41) is 19.3. The highest BCUT2D eigenvalue weighted by Gasteiger charge is 2.14. The lowest BCUT2D eigenvalue weighted by molar-refractivity contribution is -0.384. The monoisotopic (exact) mass is 328 g/mol. The third-order valence-electron chi connectivity index (χ3n) is 2.26. The first kappa shape index (κ1) is 16.7. The quantitative estimate of drug-likeness (QED) is 0.494. The van der Waals surface area contributed by atoms with Crippen LogP contribution in [0.4, 0.5) is 11.4 Å². The second-order valence-electron chi connectivity index (χ2n) is 3.78. The largest absolute Gasteiger partial charge is 0.478 e. The molecule has 0 radical (unpaired) electrons. The molecule has 0 atom stereocenters. The fourth-order valence-electron chi connectivity index (χ4n) is 1.25. The lowest BCUT2D eigenvalue weighted by atomic mass is 10.2. The molecular formula is C13H10Cl2N2O4. The number of aromatic carboxylic acids is 1. The predicted octanol–water partition coefficient (Wildman–Crippen LogP) is 3.87. The van der Waals surface area contributed by atoms with Crippen LogP contribution >= 0.6 is 23.2 Å². The molecule has 2 rings (SSSR count). The van der Waals surface area contributed by atoms with Crippen LogP contribution < -0.4 is 5.73 Å². The molecule has 0 bridgehead atoms. The summed E-state index contributed by atoms with van der Waals surface area (Å²) in [5.74, 6) is -1.17. The average Bonchev–Trinajstić information content (AvgIpc) is 2.42. The Kier molecular flexibility index (Phi) is 5.95. The second-order valence-corrected chi connectivity index (χ2v) is 4.62. The van der Waals surface area contributed by atoms with Gasteiger partial charge in [0.15, 0.2) is 0 Å². The van der Waals surface area contributed by atoms with Crippen molar-refractivity contribution in [3.63, 3.8) is 0 Å². The molecule has 110 valence electrons. The first-order valence-corrected chi connectivity index (χ1v) is 6.25. The SMILES string of the molecule is Nc1ccc(Cl)cc1.O=C(O)c1ccc([N+](=O)[O-])c(Cl)c1. The molecule has 0 aliphatic rings. The van der Waals surface area contributed by atoms with Crippen LogP contribution in [0.3, 0.4) is 0 Å². The minimum atomic E-state index is -1.17. The summed E-state index contributed by atoms with van der Waals surface area (Å²) in [6.07, 6.45) is 0. The fourth-order valence-corrected chi connectivity index (χ4v) is 1.63. The van der Waals surface area contributed by atoms with Crippen LogP contribution in [-0.4, -0.2) is 16.0 Å². The van der Waals surface area contributed by atoms with Gasteiger partial charge in [0.2, 0.25) is 0 Å². The summed E-state index contributed by atoms with van der Waals surface area (Å²) in [6.45, 7) is 0. The number of carboxylic acid groups (broad SMARTS) is 1. The maximum absolute atomic E-state index is 10.4. The lowest BCUT2D eigenvalue weighted by Gasteiger charge is -1.96. The van der Waals surface area contributed by atoms with Gasteiger partial charge in [-0.05, 0) is 36.4 Å². The number of hydrogen-bond donors (Lipinski definition) is 2. The van der Waals surface area contributed by atoms with E-state index < -0.39 is 10.9 Å². The van der Waals surface area contributed by atoms with E-state index in [1.807, 2.05) is 0 Å². The standard InChI is InChI=1S/C7H4ClNO4.C6H6ClN/c8-5-3-4(7(10)11)1-2-6(5)9(12)13;7-5-1-3-6(8)4-2-5/h1-3H,(H,10,11);1-4H,8H2. The molecular weight excluding hydrogens is 319 g/mol. The third-order valence-corrected chi connectivity index (χ3v) is 2.82. The minimum Gasteiger partial charge on any atom is -0.478 e. The Labute approximate surface area is 129 Å². The van der Waals surface area contributed by atoms with Crippen LogP contribution in [0.5, 0.6) is 0 Å². The van der Waals surface area contributed by atoms with Gasteiger partial charge in [-0.1, -0.05) is 23.2 Å². The van der Waals surface area contributed by atoms with E-state index in [4.69, 9.17) is 34.0 Å². The Hall–Kier alpha value is -2.31. The second kappa shape index (κ2) is 7.47. The van der Waals surface area contributed by atoms with Crippen LogP contribution in [0.1, 0.15) is 10.4 Å². The summed E-state index contributed by atoms with van der Waals surface area (Å²) < 4.78 is 0. The summed E-state index contributed by atoms with van der Waals surface area (Å²) in [7, 11) is 0. The van der Waals surface area contributed by atoms with Gasteiger partial charge in [0.05, 0.1) is 10.5 Å². The number of nitrogens with zero attached hydrogens (tertiary/aromatic N) is 1. The zero-order valence-corrected chi connectivity index (χ0v) is 12.0. The van der Waals surface area contributed by atoms with Gasteiger partial charge in [-0.3, -0.25) is 10.1 Å². The molecule has 0 heterocycles. The van der Waals surface area contributed by atoms with Gasteiger partial charge < -0.3 is 10.8 Å². The molecule has 21 heavy (non-hydrogen) atoms. The first-order valence-electron chi connectivity index (χ1n) is 5.49. The van der Waals surface area contributed by atoms with Crippen LogP contribution in [0.15, 0.2) is 42.5 Å². The van der Waals surface area contributed by atoms with Crippen molar-refractivity contribution in [3.8, 4) is 0 Å². The van der Waals surface area contributed by atoms with Gasteiger partial charge in [-0.2, -0.15) is 0 Å². The van der Waals surface area contributed by atoms with Crippen LogP contribution in [0.25, 0.3) is 0 Å². The Morgan fingerprint density at radius 1 is 1.14 bits per heavy atom. The van der Waals surface area contributed by atoms with Gasteiger partial charge in [0, 0.05) is 16.8 Å². The Balaban J connectivity index is 0.000000235. The molecule has 2 aromatic rings. The predicted molar refractivity (Wildman–Crippen MR) is 80.9 cm³/mol. The highest BCUT2D eigenvalue weighted by atomic mass is 35.5. The number of nitro groups is 1. The number of benzene rings is 2. The van der Waals surface area contributed by atoms with E-state index in [1.54, 1.807) is 24.3 Å². The molecule has 6 nitrogen and oxygen atoms in total. The molecule has 0 aliphatic heterocycles. The van der Waals surface area contributed by atoms with Crippen molar-refractivity contribution in [3.05, 3.63) is 68.2 Å². The van der Waals surface area contributed by atoms with Gasteiger partial charge in [-0.15, -0.1) is 0 Å². The number of rotatable bonds is 2. The van der Waals surface area contributed by atoms with E-state index in [-0.39, 0.29) is 16.3 Å². The molecule has 0 aromatic heterocycles. The van der Waals surface area contributed by atoms with Crippen molar-refractivity contribution in [2.75, 3.05) is 5.73 Å². The first-order chi connectivity index (χ1) is 9.81. The van der Waals surface area contributed by atoms with Crippen LogP contribution in [-0.2, 0) is 0 Å². The Morgan fingerprint density at radius 3 is 2.10 bits per heavy atom. The van der Waals surface area contributed by atoms with Crippen molar-refractivity contribution in [2.24, 2.45) is 0 Å². The van der Waals surface area contributed by atoms with E-state index in [0.29, 0.717) is 0 Å². The maximum Gasteiger partial charge on any atom is 0.335 e. The summed E-state index contributed by atoms with van der Waals surface area (Å²) >= 11 is 11.0. The molecule has 0 spiro atoms. The molecule has 0 saturated heterocycles. The minimum absolute atomic E-state index is 0.0735. The number of nitrogen functional groups attached to an aromatic ring is 1. The summed E-state index contributed by atoms with van der Waals surface area (Å²) in [5.41, 5.74) is 5.74. The van der Waals surface area contributed by atoms with E-state index in [0.717, 1.165) is 28.9 Å². The number of carboxylic acids is 1. The van der Waals surface area contributed by atoms with E-state index in [9.17, 15) is 14.9 Å². The molecule has 0 fully saturated rings. The highest BCUT2D eigenvalue weighted by Crippen LogP contribution is 2.24. The van der Waals surface area contributed by atoms with Crippen molar-refractivity contribution in [2.45, 2.75) is 0 Å². The fraction of sp³-hybridized carbons (Fsp3) is 0.